The first kappa shape index (κ1) is 12.9. The van der Waals surface area contributed by atoms with Crippen LogP contribution in [0.3, 0.4) is 0 Å². The molecule has 18 heavy (non-hydrogen) atoms. The van der Waals surface area contributed by atoms with Crippen molar-refractivity contribution in [3.63, 3.8) is 0 Å². The highest BCUT2D eigenvalue weighted by Crippen LogP contribution is 2.24. The van der Waals surface area contributed by atoms with Crippen LogP contribution in [-0.2, 0) is 6.42 Å². The monoisotopic (exact) mass is 248 g/mol. The van der Waals surface area contributed by atoms with Crippen LogP contribution in [0.15, 0.2) is 22.7 Å². The summed E-state index contributed by atoms with van der Waals surface area (Å²) in [6.45, 7) is 7.92. The Balaban J connectivity index is 2.11. The first-order valence-electron chi connectivity index (χ1n) is 6.26. The van der Waals surface area contributed by atoms with Crippen LogP contribution >= 0.6 is 0 Å². The number of rotatable bonds is 4. The van der Waals surface area contributed by atoms with Crippen LogP contribution in [0.5, 0.6) is 0 Å². The van der Waals surface area contributed by atoms with E-state index in [9.17, 15) is 5.11 Å². The van der Waals surface area contributed by atoms with E-state index in [0.29, 0.717) is 12.5 Å². The van der Waals surface area contributed by atoms with Gasteiger partial charge in [-0.05, 0) is 39.8 Å². The zero-order valence-corrected chi connectivity index (χ0v) is 11.3. The van der Waals surface area contributed by atoms with Gasteiger partial charge in [-0.1, -0.05) is 0 Å². The normalized spacial score (nSPS) is 13.2. The molecule has 0 aliphatic carbocycles. The lowest BCUT2D eigenvalue weighted by atomic mass is 10.1. The molecule has 1 unspecified atom stereocenters. The summed E-state index contributed by atoms with van der Waals surface area (Å²) in [7, 11) is 0. The van der Waals surface area contributed by atoms with Gasteiger partial charge in [0.15, 0.2) is 0 Å². The fourth-order valence-corrected chi connectivity index (χ4v) is 2.06. The molecule has 0 saturated carbocycles. The molecule has 1 N–H and O–H groups in total. The second kappa shape index (κ2) is 4.98. The van der Waals surface area contributed by atoms with Gasteiger partial charge in [0.2, 0.25) is 0 Å². The Morgan fingerprint density at radius 1 is 1.39 bits per heavy atom. The van der Waals surface area contributed by atoms with E-state index in [1.807, 2.05) is 36.9 Å². The third-order valence-electron chi connectivity index (χ3n) is 3.03. The van der Waals surface area contributed by atoms with E-state index in [1.165, 1.54) is 0 Å². The van der Waals surface area contributed by atoms with Gasteiger partial charge in [-0.15, -0.1) is 0 Å². The number of aliphatic hydroxyl groups is 1. The molecule has 0 radical (unpaired) electrons. The lowest BCUT2D eigenvalue weighted by molar-refractivity contribution is 0.175. The molecule has 2 aromatic rings. The third-order valence-corrected chi connectivity index (χ3v) is 3.03. The molecular weight excluding hydrogens is 228 g/mol. The third kappa shape index (κ3) is 2.64. The Morgan fingerprint density at radius 2 is 2.11 bits per heavy atom. The van der Waals surface area contributed by atoms with Gasteiger partial charge in [-0.25, -0.2) is 0 Å². The second-order valence-electron chi connectivity index (χ2n) is 4.97. The van der Waals surface area contributed by atoms with E-state index >= 15 is 0 Å². The number of furan rings is 1. The van der Waals surface area contributed by atoms with Crippen molar-refractivity contribution in [3.8, 4) is 0 Å². The summed E-state index contributed by atoms with van der Waals surface area (Å²) in [4.78, 5) is 0. The maximum atomic E-state index is 10.2. The Hall–Kier alpha value is -1.55. The SMILES string of the molecule is Cc1cc(C(O)Cc2ccn(C(C)C)n2)c(C)o1. The Labute approximate surface area is 107 Å². The van der Waals surface area contributed by atoms with Gasteiger partial charge in [-0.3, -0.25) is 4.68 Å². The van der Waals surface area contributed by atoms with E-state index in [1.54, 1.807) is 0 Å². The van der Waals surface area contributed by atoms with Crippen LogP contribution in [0.2, 0.25) is 0 Å². The smallest absolute Gasteiger partial charge is 0.106 e. The van der Waals surface area contributed by atoms with Gasteiger partial charge < -0.3 is 9.52 Å². The molecule has 0 aromatic carbocycles. The molecule has 98 valence electrons. The Bertz CT molecular complexity index is 526. The zero-order valence-electron chi connectivity index (χ0n) is 11.3. The Morgan fingerprint density at radius 3 is 2.61 bits per heavy atom. The van der Waals surface area contributed by atoms with Gasteiger partial charge in [0.1, 0.15) is 11.5 Å². The summed E-state index contributed by atoms with van der Waals surface area (Å²) < 4.78 is 7.33. The molecule has 4 nitrogen and oxygen atoms in total. The van der Waals surface area contributed by atoms with Crippen molar-refractivity contribution in [1.29, 1.82) is 0 Å². The lowest BCUT2D eigenvalue weighted by Gasteiger charge is -2.08. The molecule has 2 rings (SSSR count). The quantitative estimate of drug-likeness (QED) is 0.905. The molecule has 0 amide bonds. The van der Waals surface area contributed by atoms with E-state index in [2.05, 4.69) is 18.9 Å². The van der Waals surface area contributed by atoms with Crippen molar-refractivity contribution in [2.45, 2.75) is 46.3 Å². The molecule has 4 heteroatoms. The first-order valence-corrected chi connectivity index (χ1v) is 6.26. The van der Waals surface area contributed by atoms with Gasteiger partial charge in [-0.2, -0.15) is 5.10 Å². The minimum Gasteiger partial charge on any atom is -0.466 e. The van der Waals surface area contributed by atoms with Crippen molar-refractivity contribution in [2.24, 2.45) is 0 Å². The van der Waals surface area contributed by atoms with Crippen molar-refractivity contribution >= 4 is 0 Å². The van der Waals surface area contributed by atoms with Crippen molar-refractivity contribution < 1.29 is 9.52 Å². The average molecular weight is 248 g/mol. The van der Waals surface area contributed by atoms with Crippen LogP contribution in [0.1, 0.15) is 48.8 Å². The highest BCUT2D eigenvalue weighted by Gasteiger charge is 2.16. The number of hydrogen-bond donors (Lipinski definition) is 1. The van der Waals surface area contributed by atoms with Crippen LogP contribution in [0.4, 0.5) is 0 Å². The predicted octanol–water partition coefficient (Wildman–Crippen LogP) is 2.95. The molecule has 2 heterocycles. The topological polar surface area (TPSA) is 51.2 Å². The number of aromatic nitrogens is 2. The largest absolute Gasteiger partial charge is 0.466 e. The molecule has 0 saturated heterocycles. The zero-order chi connectivity index (χ0) is 13.3. The van der Waals surface area contributed by atoms with E-state index < -0.39 is 6.10 Å². The lowest BCUT2D eigenvalue weighted by Crippen LogP contribution is -2.05. The predicted molar refractivity (Wildman–Crippen MR) is 69.5 cm³/mol. The van der Waals surface area contributed by atoms with Gasteiger partial charge >= 0.3 is 0 Å². The van der Waals surface area contributed by atoms with Crippen LogP contribution in [0.25, 0.3) is 0 Å². The molecule has 0 spiro atoms. The number of aliphatic hydroxyl groups excluding tert-OH is 1. The minimum absolute atomic E-state index is 0.341. The standard InChI is InChI=1S/C14H20N2O2/c1-9(2)16-6-5-12(15-16)8-14(17)13-7-10(3)18-11(13)4/h5-7,9,14,17H,8H2,1-4H3. The minimum atomic E-state index is -0.557. The fourth-order valence-electron chi connectivity index (χ4n) is 2.06. The molecule has 1 atom stereocenters. The second-order valence-corrected chi connectivity index (χ2v) is 4.97. The summed E-state index contributed by atoms with van der Waals surface area (Å²) in [5.74, 6) is 1.61. The van der Waals surface area contributed by atoms with Gasteiger partial charge in [0.05, 0.1) is 11.8 Å². The number of nitrogens with zero attached hydrogens (tertiary/aromatic N) is 2. The average Bonchev–Trinajstić information content (AvgIpc) is 2.85. The van der Waals surface area contributed by atoms with Crippen molar-refractivity contribution in [3.05, 3.63) is 41.1 Å². The van der Waals surface area contributed by atoms with E-state index in [0.717, 1.165) is 22.8 Å². The van der Waals surface area contributed by atoms with E-state index in [4.69, 9.17) is 4.42 Å². The van der Waals surface area contributed by atoms with Crippen LogP contribution in [-0.4, -0.2) is 14.9 Å². The highest BCUT2D eigenvalue weighted by molar-refractivity contribution is 5.24. The van der Waals surface area contributed by atoms with Crippen LogP contribution < -0.4 is 0 Å². The highest BCUT2D eigenvalue weighted by atomic mass is 16.3. The fraction of sp³-hybridized carbons (Fsp3) is 0.500. The summed E-state index contributed by atoms with van der Waals surface area (Å²) in [5.41, 5.74) is 1.75. The molecule has 0 aliphatic rings. The molecule has 0 fully saturated rings. The molecule has 2 aromatic heterocycles. The summed E-state index contributed by atoms with van der Waals surface area (Å²) in [6.07, 6.45) is 1.90. The van der Waals surface area contributed by atoms with E-state index in [-0.39, 0.29) is 0 Å². The maximum Gasteiger partial charge on any atom is 0.106 e. The summed E-state index contributed by atoms with van der Waals surface area (Å²) in [6, 6.07) is 4.18. The van der Waals surface area contributed by atoms with Crippen molar-refractivity contribution in [1.82, 2.24) is 9.78 Å². The van der Waals surface area contributed by atoms with Crippen LogP contribution in [0, 0.1) is 13.8 Å². The van der Waals surface area contributed by atoms with Crippen molar-refractivity contribution in [2.75, 3.05) is 0 Å². The molecule has 0 bridgehead atoms. The summed E-state index contributed by atoms with van der Waals surface area (Å²) in [5, 5.41) is 14.6. The summed E-state index contributed by atoms with van der Waals surface area (Å²) >= 11 is 0. The number of aryl methyl sites for hydroxylation is 2. The van der Waals surface area contributed by atoms with Gasteiger partial charge in [0.25, 0.3) is 0 Å². The number of hydrogen-bond acceptors (Lipinski definition) is 3. The molecular formula is C14H20N2O2. The molecule has 0 aliphatic heterocycles. The Kier molecular flexibility index (Phi) is 3.57. The van der Waals surface area contributed by atoms with Gasteiger partial charge in [0, 0.05) is 24.2 Å². The first-order chi connectivity index (χ1) is 8.47. The maximum absolute atomic E-state index is 10.2.